The smallest absolute Gasteiger partial charge is 0.246 e. The highest BCUT2D eigenvalue weighted by Crippen LogP contribution is 2.23. The first-order valence-electron chi connectivity index (χ1n) is 9.13. The summed E-state index contributed by atoms with van der Waals surface area (Å²) in [5.74, 6) is 0.0680. The molecule has 0 spiro atoms. The normalized spacial score (nSPS) is 14.9. The zero-order chi connectivity index (χ0) is 19.4. The molecule has 1 saturated heterocycles. The SMILES string of the molecule is Cc1c(Cl)cccc1NC(=O)C(C)Nc1cccc(CN2CCCC2=O)c1. The molecule has 3 rings (SSSR count). The number of anilines is 2. The molecule has 6 heteroatoms. The van der Waals surface area contributed by atoms with Crippen LogP contribution in [0, 0.1) is 6.92 Å². The quantitative estimate of drug-likeness (QED) is 0.783. The van der Waals surface area contributed by atoms with Gasteiger partial charge in [0.25, 0.3) is 0 Å². The van der Waals surface area contributed by atoms with Gasteiger partial charge in [-0.2, -0.15) is 0 Å². The highest BCUT2D eigenvalue weighted by molar-refractivity contribution is 6.31. The minimum absolute atomic E-state index is 0.138. The van der Waals surface area contributed by atoms with E-state index in [9.17, 15) is 9.59 Å². The van der Waals surface area contributed by atoms with Gasteiger partial charge in [-0.05, 0) is 55.7 Å². The molecule has 2 aromatic carbocycles. The van der Waals surface area contributed by atoms with E-state index >= 15 is 0 Å². The summed E-state index contributed by atoms with van der Waals surface area (Å²) in [6.07, 6.45) is 1.56. The van der Waals surface area contributed by atoms with Gasteiger partial charge in [0.05, 0.1) is 0 Å². The summed E-state index contributed by atoms with van der Waals surface area (Å²) in [4.78, 5) is 26.2. The molecule has 2 N–H and O–H groups in total. The van der Waals surface area contributed by atoms with Crippen molar-refractivity contribution in [1.29, 1.82) is 0 Å². The first kappa shape index (κ1) is 19.2. The van der Waals surface area contributed by atoms with Crippen LogP contribution in [0.1, 0.15) is 30.9 Å². The number of carbonyl (C=O) groups is 2. The van der Waals surface area contributed by atoms with Gasteiger partial charge in [0.2, 0.25) is 11.8 Å². The lowest BCUT2D eigenvalue weighted by molar-refractivity contribution is -0.128. The van der Waals surface area contributed by atoms with Crippen molar-refractivity contribution in [2.45, 2.75) is 39.3 Å². The zero-order valence-corrected chi connectivity index (χ0v) is 16.3. The highest BCUT2D eigenvalue weighted by atomic mass is 35.5. The van der Waals surface area contributed by atoms with E-state index in [1.165, 1.54) is 0 Å². The summed E-state index contributed by atoms with van der Waals surface area (Å²) in [7, 11) is 0. The van der Waals surface area contributed by atoms with Crippen LogP contribution in [-0.4, -0.2) is 29.3 Å². The summed E-state index contributed by atoms with van der Waals surface area (Å²) in [6.45, 7) is 5.11. The van der Waals surface area contributed by atoms with Gasteiger partial charge >= 0.3 is 0 Å². The molecule has 2 amide bonds. The molecule has 0 aliphatic carbocycles. The Balaban J connectivity index is 1.62. The fourth-order valence-electron chi connectivity index (χ4n) is 3.15. The molecule has 0 saturated carbocycles. The van der Waals surface area contributed by atoms with Crippen molar-refractivity contribution in [1.82, 2.24) is 4.90 Å². The molecule has 1 unspecified atom stereocenters. The van der Waals surface area contributed by atoms with Crippen molar-refractivity contribution in [3.63, 3.8) is 0 Å². The summed E-state index contributed by atoms with van der Waals surface area (Å²) in [5.41, 5.74) is 3.46. The molecule has 0 bridgehead atoms. The Bertz CT molecular complexity index is 853. The van der Waals surface area contributed by atoms with Crippen molar-refractivity contribution in [2.75, 3.05) is 17.2 Å². The lowest BCUT2D eigenvalue weighted by Gasteiger charge is -2.19. The molecule has 1 fully saturated rings. The van der Waals surface area contributed by atoms with Crippen molar-refractivity contribution < 1.29 is 9.59 Å². The predicted octanol–water partition coefficient (Wildman–Crippen LogP) is 4.21. The maximum atomic E-state index is 12.5. The average molecular weight is 386 g/mol. The van der Waals surface area contributed by atoms with Gasteiger partial charge in [-0.1, -0.05) is 29.8 Å². The fourth-order valence-corrected chi connectivity index (χ4v) is 3.32. The summed E-state index contributed by atoms with van der Waals surface area (Å²) in [5, 5.41) is 6.76. The number of likely N-dealkylation sites (tertiary alicyclic amines) is 1. The number of benzene rings is 2. The van der Waals surface area contributed by atoms with Gasteiger partial charge in [0.1, 0.15) is 6.04 Å². The molecule has 0 radical (unpaired) electrons. The Morgan fingerprint density at radius 3 is 2.78 bits per heavy atom. The van der Waals surface area contributed by atoms with Crippen LogP contribution in [0.4, 0.5) is 11.4 Å². The number of nitrogens with zero attached hydrogens (tertiary/aromatic N) is 1. The second-order valence-corrected chi connectivity index (χ2v) is 7.29. The molecule has 0 aromatic heterocycles. The molecular weight excluding hydrogens is 362 g/mol. The van der Waals surface area contributed by atoms with Gasteiger partial charge in [0, 0.05) is 35.9 Å². The fraction of sp³-hybridized carbons (Fsp3) is 0.333. The van der Waals surface area contributed by atoms with E-state index < -0.39 is 6.04 Å². The Kier molecular flexibility index (Phi) is 6.01. The van der Waals surface area contributed by atoms with E-state index in [1.807, 2.05) is 55.1 Å². The number of carbonyl (C=O) groups excluding carboxylic acids is 2. The monoisotopic (exact) mass is 385 g/mol. The molecule has 1 atom stereocenters. The predicted molar refractivity (Wildman–Crippen MR) is 109 cm³/mol. The van der Waals surface area contributed by atoms with E-state index in [2.05, 4.69) is 10.6 Å². The standard InChI is InChI=1S/C21H24ClN3O2/c1-14-18(22)8-4-9-19(14)24-21(27)15(2)23-17-7-3-6-16(12-17)13-25-11-5-10-20(25)26/h3-4,6-9,12,15,23H,5,10-11,13H2,1-2H3,(H,24,27). The van der Waals surface area contributed by atoms with E-state index in [4.69, 9.17) is 11.6 Å². The van der Waals surface area contributed by atoms with Crippen LogP contribution in [0.25, 0.3) is 0 Å². The second-order valence-electron chi connectivity index (χ2n) is 6.89. The summed E-state index contributed by atoms with van der Waals surface area (Å²) in [6, 6.07) is 12.9. The number of nitrogens with one attached hydrogen (secondary N) is 2. The minimum atomic E-state index is -0.424. The largest absolute Gasteiger partial charge is 0.374 e. The molecule has 27 heavy (non-hydrogen) atoms. The molecular formula is C21H24ClN3O2. The second kappa shape index (κ2) is 8.44. The third-order valence-corrected chi connectivity index (χ3v) is 5.18. The molecule has 2 aromatic rings. The molecule has 1 heterocycles. The Morgan fingerprint density at radius 2 is 2.04 bits per heavy atom. The van der Waals surface area contributed by atoms with Crippen LogP contribution < -0.4 is 10.6 Å². The summed E-state index contributed by atoms with van der Waals surface area (Å²) < 4.78 is 0. The number of rotatable bonds is 6. The maximum absolute atomic E-state index is 12.5. The lowest BCUT2D eigenvalue weighted by Crippen LogP contribution is -2.32. The topological polar surface area (TPSA) is 61.4 Å². The molecule has 1 aliphatic rings. The van der Waals surface area contributed by atoms with Gasteiger partial charge < -0.3 is 15.5 Å². The van der Waals surface area contributed by atoms with E-state index in [1.54, 1.807) is 6.07 Å². The number of halogens is 1. The van der Waals surface area contributed by atoms with Crippen molar-refractivity contribution in [2.24, 2.45) is 0 Å². The van der Waals surface area contributed by atoms with Crippen molar-refractivity contribution in [3.8, 4) is 0 Å². The first-order chi connectivity index (χ1) is 12.9. The number of hydrogen-bond acceptors (Lipinski definition) is 3. The van der Waals surface area contributed by atoms with Gasteiger partial charge in [-0.15, -0.1) is 0 Å². The van der Waals surface area contributed by atoms with E-state index in [-0.39, 0.29) is 11.8 Å². The van der Waals surface area contributed by atoms with Gasteiger partial charge in [0.15, 0.2) is 0 Å². The van der Waals surface area contributed by atoms with Gasteiger partial charge in [-0.25, -0.2) is 0 Å². The maximum Gasteiger partial charge on any atom is 0.246 e. The third-order valence-electron chi connectivity index (χ3n) is 4.77. The van der Waals surface area contributed by atoms with Crippen molar-refractivity contribution in [3.05, 3.63) is 58.6 Å². The number of hydrogen-bond donors (Lipinski definition) is 2. The Morgan fingerprint density at radius 1 is 1.26 bits per heavy atom. The summed E-state index contributed by atoms with van der Waals surface area (Å²) >= 11 is 6.11. The van der Waals surface area contributed by atoms with Crippen LogP contribution in [-0.2, 0) is 16.1 Å². The molecule has 1 aliphatic heterocycles. The Hall–Kier alpha value is -2.53. The van der Waals surface area contributed by atoms with E-state index in [0.717, 1.165) is 29.8 Å². The van der Waals surface area contributed by atoms with Crippen LogP contribution in [0.5, 0.6) is 0 Å². The Labute approximate surface area is 164 Å². The van der Waals surface area contributed by atoms with Crippen LogP contribution in [0.2, 0.25) is 5.02 Å². The zero-order valence-electron chi connectivity index (χ0n) is 15.6. The van der Waals surface area contributed by atoms with E-state index in [0.29, 0.717) is 23.7 Å². The van der Waals surface area contributed by atoms with Crippen LogP contribution >= 0.6 is 11.6 Å². The minimum Gasteiger partial charge on any atom is -0.374 e. The molecule has 142 valence electrons. The van der Waals surface area contributed by atoms with Crippen molar-refractivity contribution >= 4 is 34.8 Å². The number of amides is 2. The van der Waals surface area contributed by atoms with Crippen LogP contribution in [0.3, 0.4) is 0 Å². The average Bonchev–Trinajstić information content (AvgIpc) is 3.04. The van der Waals surface area contributed by atoms with Gasteiger partial charge in [-0.3, -0.25) is 9.59 Å². The van der Waals surface area contributed by atoms with Crippen LogP contribution in [0.15, 0.2) is 42.5 Å². The first-order valence-corrected chi connectivity index (χ1v) is 9.51. The highest BCUT2D eigenvalue weighted by Gasteiger charge is 2.20. The third kappa shape index (κ3) is 4.80. The lowest BCUT2D eigenvalue weighted by atomic mass is 10.1. The molecule has 5 nitrogen and oxygen atoms in total.